The topological polar surface area (TPSA) is 37.4 Å². The molecule has 1 aromatic rings. The van der Waals surface area contributed by atoms with Crippen molar-refractivity contribution in [2.24, 2.45) is 0 Å². The molecule has 106 valence electrons. The lowest BCUT2D eigenvalue weighted by atomic mass is 10.1. The Morgan fingerprint density at radius 3 is 2.79 bits per heavy atom. The molecular formula is C13H18ClNO2S2. The summed E-state index contributed by atoms with van der Waals surface area (Å²) in [5, 5.41) is -0.424. The smallest absolute Gasteiger partial charge is 0.169 e. The summed E-state index contributed by atoms with van der Waals surface area (Å²) in [6.45, 7) is 2.78. The molecule has 0 amide bonds. The van der Waals surface area contributed by atoms with Crippen LogP contribution >= 0.6 is 23.4 Å². The molecule has 1 unspecified atom stereocenters. The van der Waals surface area contributed by atoms with Crippen LogP contribution in [0.2, 0.25) is 0 Å². The summed E-state index contributed by atoms with van der Waals surface area (Å²) < 4.78 is 23.8. The number of sulfone groups is 1. The average Bonchev–Trinajstić information content (AvgIpc) is 2.37. The van der Waals surface area contributed by atoms with E-state index >= 15 is 0 Å². The molecule has 1 fully saturated rings. The molecule has 1 heterocycles. The van der Waals surface area contributed by atoms with Crippen LogP contribution in [0.25, 0.3) is 0 Å². The number of halogens is 1. The number of rotatable bonds is 3. The van der Waals surface area contributed by atoms with Gasteiger partial charge in [0.2, 0.25) is 0 Å². The fourth-order valence-electron chi connectivity index (χ4n) is 2.24. The number of hydrogen-bond donors (Lipinski definition) is 0. The quantitative estimate of drug-likeness (QED) is 0.803. The van der Waals surface area contributed by atoms with Gasteiger partial charge in [0.15, 0.2) is 9.84 Å². The second-order valence-electron chi connectivity index (χ2n) is 4.80. The summed E-state index contributed by atoms with van der Waals surface area (Å²) >= 11 is 7.56. The van der Waals surface area contributed by atoms with Gasteiger partial charge in [-0.25, -0.2) is 8.42 Å². The Morgan fingerprint density at radius 1 is 1.47 bits per heavy atom. The van der Waals surface area contributed by atoms with Crippen molar-refractivity contribution < 1.29 is 8.42 Å². The number of benzene rings is 1. The highest BCUT2D eigenvalue weighted by Crippen LogP contribution is 2.28. The minimum absolute atomic E-state index is 0.424. The minimum atomic E-state index is -3.07. The van der Waals surface area contributed by atoms with Crippen LogP contribution in [0.3, 0.4) is 0 Å². The normalized spacial score (nSPS) is 20.6. The Labute approximate surface area is 124 Å². The van der Waals surface area contributed by atoms with Gasteiger partial charge in [-0.2, -0.15) is 11.8 Å². The third kappa shape index (κ3) is 3.38. The second-order valence-corrected chi connectivity index (χ2v) is 8.42. The highest BCUT2D eigenvalue weighted by atomic mass is 35.5. The molecular weight excluding hydrogens is 302 g/mol. The first-order valence-electron chi connectivity index (χ1n) is 6.12. The summed E-state index contributed by atoms with van der Waals surface area (Å²) in [5.74, 6) is 2.08. The maximum absolute atomic E-state index is 11.9. The van der Waals surface area contributed by atoms with Crippen LogP contribution in [0.5, 0.6) is 0 Å². The molecule has 1 aromatic carbocycles. The summed E-state index contributed by atoms with van der Waals surface area (Å²) in [7, 11) is -3.07. The zero-order valence-electron chi connectivity index (χ0n) is 11.1. The van der Waals surface area contributed by atoms with Gasteiger partial charge in [0.05, 0.1) is 0 Å². The minimum Gasteiger partial charge on any atom is -0.353 e. The van der Waals surface area contributed by atoms with E-state index in [1.165, 1.54) is 6.26 Å². The lowest BCUT2D eigenvalue weighted by Crippen LogP contribution is -2.47. The number of hydrogen-bond acceptors (Lipinski definition) is 4. The van der Waals surface area contributed by atoms with Gasteiger partial charge in [0.1, 0.15) is 5.37 Å². The molecule has 0 aromatic heterocycles. The number of aryl methyl sites for hydroxylation is 1. The maximum atomic E-state index is 11.9. The van der Waals surface area contributed by atoms with E-state index in [4.69, 9.17) is 11.6 Å². The van der Waals surface area contributed by atoms with E-state index in [9.17, 15) is 8.42 Å². The first-order valence-corrected chi connectivity index (χ1v) is 9.76. The molecule has 0 spiro atoms. The van der Waals surface area contributed by atoms with Gasteiger partial charge >= 0.3 is 0 Å². The van der Waals surface area contributed by atoms with Crippen LogP contribution in [0.1, 0.15) is 11.1 Å². The Kier molecular flexibility index (Phi) is 4.69. The molecule has 2 rings (SSSR count). The van der Waals surface area contributed by atoms with Crippen molar-refractivity contribution in [1.29, 1.82) is 0 Å². The van der Waals surface area contributed by atoms with Crippen molar-refractivity contribution in [3.05, 3.63) is 29.3 Å². The molecule has 0 aliphatic carbocycles. The number of nitrogens with zero attached hydrogens (tertiary/aromatic N) is 1. The zero-order chi connectivity index (χ0) is 14.0. The van der Waals surface area contributed by atoms with E-state index < -0.39 is 15.2 Å². The Morgan fingerprint density at radius 2 is 2.21 bits per heavy atom. The fraction of sp³-hybridized carbons (Fsp3) is 0.538. The van der Waals surface area contributed by atoms with Crippen LogP contribution in [-0.2, 0) is 15.7 Å². The fourth-order valence-corrected chi connectivity index (χ4v) is 5.38. The van der Waals surface area contributed by atoms with Crippen LogP contribution in [-0.4, -0.2) is 38.1 Å². The van der Waals surface area contributed by atoms with Gasteiger partial charge in [-0.3, -0.25) is 0 Å². The third-order valence-electron chi connectivity index (χ3n) is 3.38. The lowest BCUT2D eigenvalue weighted by Gasteiger charge is -2.36. The largest absolute Gasteiger partial charge is 0.353 e. The molecule has 0 saturated carbocycles. The van der Waals surface area contributed by atoms with Crippen molar-refractivity contribution >= 4 is 38.9 Å². The van der Waals surface area contributed by atoms with E-state index in [2.05, 4.69) is 0 Å². The second kappa shape index (κ2) is 5.94. The Hall–Kier alpha value is -0.390. The monoisotopic (exact) mass is 319 g/mol. The predicted molar refractivity (Wildman–Crippen MR) is 84.0 cm³/mol. The molecule has 19 heavy (non-hydrogen) atoms. The zero-order valence-corrected chi connectivity index (χ0v) is 13.5. The molecule has 1 aliphatic heterocycles. The molecule has 6 heteroatoms. The lowest BCUT2D eigenvalue weighted by molar-refractivity contribution is 0.584. The van der Waals surface area contributed by atoms with Gasteiger partial charge in [-0.15, -0.1) is 11.6 Å². The Balaban J connectivity index is 2.35. The highest BCUT2D eigenvalue weighted by molar-refractivity contribution is 8.01. The standard InChI is InChI=1S/C13H18ClNO2S2/c1-10-7-12(4-3-11(10)8-14)15-5-6-18-9-13(15)19(2,16)17/h3-4,7,13H,5-6,8-9H2,1-2H3. The van der Waals surface area contributed by atoms with Gasteiger partial charge in [0, 0.05) is 35.9 Å². The van der Waals surface area contributed by atoms with Crippen LogP contribution < -0.4 is 4.90 Å². The number of anilines is 1. The summed E-state index contributed by atoms with van der Waals surface area (Å²) in [6, 6.07) is 5.99. The van der Waals surface area contributed by atoms with Crippen LogP contribution in [0.15, 0.2) is 18.2 Å². The summed E-state index contributed by atoms with van der Waals surface area (Å²) in [4.78, 5) is 2.00. The van der Waals surface area contributed by atoms with Crippen molar-refractivity contribution in [2.75, 3.05) is 29.2 Å². The van der Waals surface area contributed by atoms with E-state index in [1.807, 2.05) is 30.0 Å². The molecule has 1 atom stereocenters. The van der Waals surface area contributed by atoms with E-state index in [1.54, 1.807) is 11.8 Å². The third-order valence-corrected chi connectivity index (χ3v) is 6.31. The van der Waals surface area contributed by atoms with Crippen molar-refractivity contribution in [1.82, 2.24) is 0 Å². The molecule has 1 saturated heterocycles. The van der Waals surface area contributed by atoms with Gasteiger partial charge in [0.25, 0.3) is 0 Å². The SMILES string of the molecule is Cc1cc(N2CCSCC2S(C)(=O)=O)ccc1CCl. The number of thioether (sulfide) groups is 1. The first-order chi connectivity index (χ1) is 8.93. The molecule has 0 N–H and O–H groups in total. The van der Waals surface area contributed by atoms with Crippen molar-refractivity contribution in [3.63, 3.8) is 0 Å². The Bertz CT molecular complexity index is 560. The molecule has 0 bridgehead atoms. The van der Waals surface area contributed by atoms with Crippen LogP contribution in [0, 0.1) is 6.92 Å². The molecule has 0 radical (unpaired) electrons. The summed E-state index contributed by atoms with van der Waals surface area (Å²) in [5.41, 5.74) is 3.17. The van der Waals surface area contributed by atoms with Gasteiger partial charge < -0.3 is 4.90 Å². The van der Waals surface area contributed by atoms with Crippen molar-refractivity contribution in [2.45, 2.75) is 18.2 Å². The molecule has 3 nitrogen and oxygen atoms in total. The first kappa shape index (κ1) is 15.0. The maximum Gasteiger partial charge on any atom is 0.169 e. The van der Waals surface area contributed by atoms with E-state index in [0.29, 0.717) is 11.6 Å². The predicted octanol–water partition coefficient (Wildman–Crippen LogP) is 2.66. The van der Waals surface area contributed by atoms with Gasteiger partial charge in [-0.1, -0.05) is 6.07 Å². The summed E-state index contributed by atoms with van der Waals surface area (Å²) in [6.07, 6.45) is 1.32. The van der Waals surface area contributed by atoms with Crippen LogP contribution in [0.4, 0.5) is 5.69 Å². The van der Waals surface area contributed by atoms with E-state index in [0.717, 1.165) is 29.1 Å². The average molecular weight is 320 g/mol. The van der Waals surface area contributed by atoms with Gasteiger partial charge in [-0.05, 0) is 30.2 Å². The molecule has 1 aliphatic rings. The number of alkyl halides is 1. The van der Waals surface area contributed by atoms with E-state index in [-0.39, 0.29) is 0 Å². The van der Waals surface area contributed by atoms with Crippen molar-refractivity contribution in [3.8, 4) is 0 Å². The highest BCUT2D eigenvalue weighted by Gasteiger charge is 2.31.